The van der Waals surface area contributed by atoms with Crippen molar-refractivity contribution in [3.63, 3.8) is 0 Å². The van der Waals surface area contributed by atoms with Gasteiger partial charge in [0.2, 0.25) is 0 Å². The number of nitrogens with two attached hydrogens (primary N) is 1. The van der Waals surface area contributed by atoms with Crippen molar-refractivity contribution < 1.29 is 20.2 Å². The minimum atomic E-state index is -0.909. The molecule has 0 unspecified atom stereocenters. The minimum absolute atomic E-state index is 0.354. The van der Waals surface area contributed by atoms with E-state index in [1.165, 1.54) is 0 Å². The fraction of sp³-hybridized carbons (Fsp3) is 0.0526. The summed E-state index contributed by atoms with van der Waals surface area (Å²) in [4.78, 5) is 31.3. The monoisotopic (exact) mass is 410 g/mol. The van der Waals surface area contributed by atoms with Gasteiger partial charge in [-0.3, -0.25) is 30.3 Å². The van der Waals surface area contributed by atoms with Crippen molar-refractivity contribution in [3.8, 4) is 0 Å². The molecule has 0 atom stereocenters. The molecule has 11 heteroatoms. The first-order valence-electron chi connectivity index (χ1n) is 8.69. The Morgan fingerprint density at radius 3 is 1.50 bits per heavy atom. The number of nitro groups is 3. The zero-order chi connectivity index (χ0) is 21.7. The van der Waals surface area contributed by atoms with Gasteiger partial charge in [0, 0.05) is 0 Å². The molecule has 3 aromatic carbocycles. The van der Waals surface area contributed by atoms with Gasteiger partial charge in [0.15, 0.2) is 0 Å². The van der Waals surface area contributed by atoms with E-state index in [-0.39, 0.29) is 5.69 Å². The number of nitrogens with zero attached hydrogens (tertiary/aromatic N) is 3. The van der Waals surface area contributed by atoms with Crippen LogP contribution in [0.1, 0.15) is 17.2 Å². The van der Waals surface area contributed by atoms with E-state index in [1.807, 2.05) is 60.7 Å². The average Bonchev–Trinajstić information content (AvgIpc) is 2.74. The van der Waals surface area contributed by atoms with Crippen molar-refractivity contribution in [2.45, 2.75) is 6.04 Å². The lowest BCUT2D eigenvalue weighted by molar-refractivity contribution is -0.646. The molecule has 3 N–H and O–H groups in total. The van der Waals surface area contributed by atoms with Crippen LogP contribution >= 0.6 is 0 Å². The molecule has 0 saturated heterocycles. The summed E-state index contributed by atoms with van der Waals surface area (Å²) in [6.45, 7) is 0. The summed E-state index contributed by atoms with van der Waals surface area (Å²) in [5, 5.41) is 34.0. The lowest BCUT2D eigenvalue weighted by Gasteiger charge is -2.17. The number of nitrogens with one attached hydrogen (secondary N) is 1. The van der Waals surface area contributed by atoms with Crippen molar-refractivity contribution in [2.24, 2.45) is 0 Å². The molecular weight excluding hydrogens is 394 g/mol. The second-order valence-corrected chi connectivity index (χ2v) is 6.23. The molecule has 152 valence electrons. The Balaban J connectivity index is 2.04. The molecule has 11 nitrogen and oxygen atoms in total. The second kappa shape index (κ2) is 8.86. The molecule has 0 radical (unpaired) electrons. The van der Waals surface area contributed by atoms with Crippen molar-refractivity contribution >= 4 is 22.7 Å². The van der Waals surface area contributed by atoms with Crippen LogP contribution in [0.15, 0.2) is 72.8 Å². The van der Waals surface area contributed by atoms with Gasteiger partial charge in [0.25, 0.3) is 5.69 Å². The van der Waals surface area contributed by atoms with Crippen LogP contribution < -0.4 is 10.9 Å². The molecular formula is C19H16N5O6+. The van der Waals surface area contributed by atoms with Gasteiger partial charge in [-0.05, 0) is 11.1 Å². The molecule has 0 aliphatic heterocycles. The Kier molecular flexibility index (Phi) is 6.05. The lowest BCUT2D eigenvalue weighted by Crippen LogP contribution is -2.88. The second-order valence-electron chi connectivity index (χ2n) is 6.23. The highest BCUT2D eigenvalue weighted by Crippen LogP contribution is 2.35. The van der Waals surface area contributed by atoms with Gasteiger partial charge in [0.1, 0.15) is 18.2 Å². The van der Waals surface area contributed by atoms with E-state index in [4.69, 9.17) is 0 Å². The maximum atomic E-state index is 11.5. The molecule has 0 bridgehead atoms. The normalized spacial score (nSPS) is 10.7. The topological polar surface area (TPSA) is 158 Å². The van der Waals surface area contributed by atoms with E-state index < -0.39 is 37.9 Å². The van der Waals surface area contributed by atoms with Crippen molar-refractivity contribution in [1.29, 1.82) is 0 Å². The number of nitro benzene ring substituents is 3. The summed E-state index contributed by atoms with van der Waals surface area (Å²) in [5.74, 6) is 0. The van der Waals surface area contributed by atoms with Crippen molar-refractivity contribution in [3.05, 3.63) is 114 Å². The molecule has 30 heavy (non-hydrogen) atoms. The average molecular weight is 410 g/mol. The Hall–Kier alpha value is -4.22. The molecule has 0 fully saturated rings. The van der Waals surface area contributed by atoms with Crippen LogP contribution in [-0.4, -0.2) is 14.8 Å². The van der Waals surface area contributed by atoms with E-state index in [9.17, 15) is 30.3 Å². The van der Waals surface area contributed by atoms with E-state index in [1.54, 1.807) is 0 Å². The Labute approximate surface area is 169 Å². The molecule has 0 heterocycles. The molecule has 3 rings (SSSR count). The zero-order valence-corrected chi connectivity index (χ0v) is 15.4. The molecule has 0 aliphatic carbocycles. The van der Waals surface area contributed by atoms with Crippen LogP contribution in [0.3, 0.4) is 0 Å². The number of non-ortho nitro benzene ring substituents is 1. The van der Waals surface area contributed by atoms with Gasteiger partial charge in [-0.25, -0.2) is 5.43 Å². The minimum Gasteiger partial charge on any atom is -0.258 e. The van der Waals surface area contributed by atoms with Crippen molar-refractivity contribution in [2.75, 3.05) is 0 Å². The van der Waals surface area contributed by atoms with Gasteiger partial charge in [-0.2, -0.15) is 5.43 Å². The smallest absolute Gasteiger partial charge is 0.258 e. The third kappa shape index (κ3) is 4.43. The number of hydrogen-bond donors (Lipinski definition) is 2. The SMILES string of the molecule is O=[N+]([O-])c1cc([N+](=O)[O-])c([NH2+]NC(c2ccccc2)c2ccccc2)c([N+](=O)[O-])c1. The highest BCUT2D eigenvalue weighted by atomic mass is 16.6. The van der Waals surface area contributed by atoms with E-state index in [2.05, 4.69) is 5.43 Å². The zero-order valence-electron chi connectivity index (χ0n) is 15.4. The molecule has 0 aromatic heterocycles. The number of rotatable bonds is 8. The van der Waals surface area contributed by atoms with Crippen LogP contribution in [0.25, 0.3) is 0 Å². The molecule has 0 aliphatic rings. The molecule has 0 saturated carbocycles. The van der Waals surface area contributed by atoms with Crippen molar-refractivity contribution in [1.82, 2.24) is 5.43 Å². The fourth-order valence-corrected chi connectivity index (χ4v) is 3.01. The highest BCUT2D eigenvalue weighted by molar-refractivity contribution is 5.69. The summed E-state index contributed by atoms with van der Waals surface area (Å²) in [6, 6.07) is 19.3. The molecule has 3 aromatic rings. The van der Waals surface area contributed by atoms with Gasteiger partial charge in [-0.1, -0.05) is 60.7 Å². The maximum absolute atomic E-state index is 11.5. The third-order valence-electron chi connectivity index (χ3n) is 4.39. The van der Waals surface area contributed by atoms with E-state index in [0.29, 0.717) is 12.1 Å². The number of hydrogen-bond acceptors (Lipinski definition) is 7. The summed E-state index contributed by atoms with van der Waals surface area (Å²) in [6.07, 6.45) is 0. The number of benzene rings is 3. The fourth-order valence-electron chi connectivity index (χ4n) is 3.01. The number of quaternary nitrogens is 1. The van der Waals surface area contributed by atoms with Gasteiger partial charge in [0.05, 0.1) is 14.8 Å². The summed E-state index contributed by atoms with van der Waals surface area (Å²) in [5.41, 5.74) is 3.26. The molecule has 0 amide bonds. The Morgan fingerprint density at radius 1 is 0.700 bits per heavy atom. The summed E-state index contributed by atoms with van der Waals surface area (Å²) >= 11 is 0. The quantitative estimate of drug-likeness (QED) is 0.250. The largest absolute Gasteiger partial charge is 0.345 e. The highest BCUT2D eigenvalue weighted by Gasteiger charge is 2.35. The first kappa shape index (κ1) is 20.5. The standard InChI is InChI=1S/C19H15N5O6/c25-22(26)15-11-16(23(27)28)19(17(12-15)24(29)30)21-20-18(13-7-3-1-4-8-13)14-9-5-2-6-10-14/h1-12,18,20-21H/p+1. The first-order valence-corrected chi connectivity index (χ1v) is 8.69. The molecule has 0 spiro atoms. The van der Waals surface area contributed by atoms with Crippen LogP contribution in [0.4, 0.5) is 22.7 Å². The summed E-state index contributed by atoms with van der Waals surface area (Å²) in [7, 11) is 0. The lowest BCUT2D eigenvalue weighted by atomic mass is 9.99. The van der Waals surface area contributed by atoms with E-state index >= 15 is 0 Å². The van der Waals surface area contributed by atoms with Gasteiger partial charge in [-0.15, -0.1) is 0 Å². The summed E-state index contributed by atoms with van der Waals surface area (Å²) < 4.78 is 0. The van der Waals surface area contributed by atoms with Gasteiger partial charge < -0.3 is 0 Å². The van der Waals surface area contributed by atoms with Crippen LogP contribution in [-0.2, 0) is 0 Å². The third-order valence-corrected chi connectivity index (χ3v) is 4.39. The van der Waals surface area contributed by atoms with Crippen LogP contribution in [0.5, 0.6) is 0 Å². The maximum Gasteiger partial charge on any atom is 0.345 e. The Morgan fingerprint density at radius 2 is 1.13 bits per heavy atom. The van der Waals surface area contributed by atoms with Crippen LogP contribution in [0.2, 0.25) is 0 Å². The predicted molar refractivity (Wildman–Crippen MR) is 106 cm³/mol. The van der Waals surface area contributed by atoms with E-state index in [0.717, 1.165) is 16.6 Å². The first-order chi connectivity index (χ1) is 14.4. The Bertz CT molecular complexity index is 1020. The predicted octanol–water partition coefficient (Wildman–Crippen LogP) is 2.90. The van der Waals surface area contributed by atoms with Gasteiger partial charge >= 0.3 is 17.1 Å². The van der Waals surface area contributed by atoms with Crippen LogP contribution in [0, 0.1) is 30.3 Å².